The average molecular weight is 471 g/mol. The van der Waals surface area contributed by atoms with Gasteiger partial charge in [0.25, 0.3) is 5.91 Å². The molecule has 0 N–H and O–H groups in total. The van der Waals surface area contributed by atoms with Gasteiger partial charge in [0.1, 0.15) is 11.5 Å². The van der Waals surface area contributed by atoms with Gasteiger partial charge in [-0.1, -0.05) is 23.8 Å². The number of pyridine rings is 1. The number of hydrogen-bond acceptors (Lipinski definition) is 5. The van der Waals surface area contributed by atoms with Crippen LogP contribution in [-0.2, 0) is 11.3 Å². The fourth-order valence-electron chi connectivity index (χ4n) is 4.06. The number of carbonyl (C=O) groups excluding carboxylic acids is 1. The summed E-state index contributed by atoms with van der Waals surface area (Å²) in [6.07, 6.45) is 0. The van der Waals surface area contributed by atoms with Gasteiger partial charge in [0.05, 0.1) is 32.0 Å². The number of aromatic nitrogens is 1. The minimum Gasteiger partial charge on any atom is -0.497 e. The molecule has 1 heterocycles. The van der Waals surface area contributed by atoms with Crippen LogP contribution in [0, 0.1) is 6.92 Å². The highest BCUT2D eigenvalue weighted by Gasteiger charge is 2.20. The summed E-state index contributed by atoms with van der Waals surface area (Å²) in [6.45, 7) is 3.34. The van der Waals surface area contributed by atoms with E-state index in [-0.39, 0.29) is 5.91 Å². The molecule has 4 aromatic rings. The molecular weight excluding hydrogens is 440 g/mol. The van der Waals surface area contributed by atoms with E-state index < -0.39 is 0 Å². The van der Waals surface area contributed by atoms with Gasteiger partial charge in [-0.05, 0) is 61.0 Å². The van der Waals surface area contributed by atoms with Crippen molar-refractivity contribution >= 4 is 16.8 Å². The second-order valence-corrected chi connectivity index (χ2v) is 8.37. The lowest BCUT2D eigenvalue weighted by molar-refractivity contribution is 0.0680. The van der Waals surface area contributed by atoms with E-state index in [1.165, 1.54) is 0 Å². The van der Waals surface area contributed by atoms with Crippen LogP contribution in [0.15, 0.2) is 72.8 Å². The SMILES string of the molecule is COCCN(Cc1cc2ccc(OC)cc2nc1-c1cccc(C)c1)C(=O)c1ccc(OC)cc1. The predicted octanol–water partition coefficient (Wildman–Crippen LogP) is 5.52. The third-order valence-electron chi connectivity index (χ3n) is 5.95. The van der Waals surface area contributed by atoms with Gasteiger partial charge < -0.3 is 19.1 Å². The van der Waals surface area contributed by atoms with E-state index in [0.29, 0.717) is 31.0 Å². The third-order valence-corrected chi connectivity index (χ3v) is 5.95. The van der Waals surface area contributed by atoms with Gasteiger partial charge >= 0.3 is 0 Å². The molecule has 0 unspecified atom stereocenters. The first-order valence-electron chi connectivity index (χ1n) is 11.5. The van der Waals surface area contributed by atoms with Crippen molar-refractivity contribution in [1.82, 2.24) is 9.88 Å². The second-order valence-electron chi connectivity index (χ2n) is 8.37. The van der Waals surface area contributed by atoms with Crippen LogP contribution in [0.4, 0.5) is 0 Å². The number of methoxy groups -OCH3 is 3. The highest BCUT2D eigenvalue weighted by atomic mass is 16.5. The summed E-state index contributed by atoms with van der Waals surface area (Å²) in [6, 6.07) is 23.4. The standard InChI is InChI=1S/C29H30N2O4/c1-20-6-5-7-23(16-20)28-24(17-22-10-13-26(35-4)18-27(22)30-28)19-31(14-15-33-2)29(32)21-8-11-25(34-3)12-9-21/h5-13,16-18H,14-15,19H2,1-4H3. The fraction of sp³-hybridized carbons (Fsp3) is 0.241. The number of rotatable bonds is 9. The number of aryl methyl sites for hydroxylation is 1. The summed E-state index contributed by atoms with van der Waals surface area (Å²) < 4.78 is 16.0. The van der Waals surface area contributed by atoms with Crippen molar-refractivity contribution in [2.75, 3.05) is 34.5 Å². The molecular formula is C29H30N2O4. The molecule has 0 bridgehead atoms. The zero-order valence-corrected chi connectivity index (χ0v) is 20.6. The third kappa shape index (κ3) is 5.61. The Labute approximate surface area is 206 Å². The molecule has 0 radical (unpaired) electrons. The van der Waals surface area contributed by atoms with Gasteiger partial charge in [-0.25, -0.2) is 4.98 Å². The molecule has 6 nitrogen and oxygen atoms in total. The summed E-state index contributed by atoms with van der Waals surface area (Å²) in [5.74, 6) is 1.39. The summed E-state index contributed by atoms with van der Waals surface area (Å²) in [5, 5.41) is 0.987. The lowest BCUT2D eigenvalue weighted by Gasteiger charge is -2.24. The van der Waals surface area contributed by atoms with Crippen LogP contribution >= 0.6 is 0 Å². The molecule has 0 saturated heterocycles. The minimum atomic E-state index is -0.0743. The van der Waals surface area contributed by atoms with Crippen LogP contribution in [-0.4, -0.2) is 50.3 Å². The number of carbonyl (C=O) groups is 1. The van der Waals surface area contributed by atoms with Crippen LogP contribution in [0.25, 0.3) is 22.2 Å². The monoisotopic (exact) mass is 470 g/mol. The number of benzene rings is 3. The first kappa shape index (κ1) is 24.2. The van der Waals surface area contributed by atoms with Gasteiger partial charge in [-0.2, -0.15) is 0 Å². The van der Waals surface area contributed by atoms with Crippen molar-refractivity contribution in [1.29, 1.82) is 0 Å². The molecule has 0 aliphatic carbocycles. The Morgan fingerprint density at radius 2 is 1.63 bits per heavy atom. The average Bonchev–Trinajstić information content (AvgIpc) is 2.89. The van der Waals surface area contributed by atoms with Crippen molar-refractivity contribution in [3.05, 3.63) is 89.5 Å². The highest BCUT2D eigenvalue weighted by Crippen LogP contribution is 2.29. The number of ether oxygens (including phenoxy) is 3. The molecule has 0 saturated carbocycles. The van der Waals surface area contributed by atoms with Crippen LogP contribution in [0.1, 0.15) is 21.5 Å². The van der Waals surface area contributed by atoms with E-state index in [0.717, 1.165) is 39.0 Å². The number of nitrogens with zero attached hydrogens (tertiary/aromatic N) is 2. The molecule has 1 aromatic heterocycles. The lowest BCUT2D eigenvalue weighted by Crippen LogP contribution is -2.33. The maximum absolute atomic E-state index is 13.5. The van der Waals surface area contributed by atoms with E-state index in [2.05, 4.69) is 31.2 Å². The topological polar surface area (TPSA) is 60.9 Å². The van der Waals surface area contributed by atoms with Crippen molar-refractivity contribution in [2.45, 2.75) is 13.5 Å². The Balaban J connectivity index is 1.78. The van der Waals surface area contributed by atoms with Gasteiger partial charge in [-0.15, -0.1) is 0 Å². The summed E-state index contributed by atoms with van der Waals surface area (Å²) in [7, 11) is 4.89. The van der Waals surface area contributed by atoms with E-state index >= 15 is 0 Å². The number of hydrogen-bond donors (Lipinski definition) is 0. The first-order chi connectivity index (χ1) is 17.0. The summed E-state index contributed by atoms with van der Waals surface area (Å²) in [5.41, 5.74) is 5.40. The Morgan fingerprint density at radius 3 is 2.31 bits per heavy atom. The van der Waals surface area contributed by atoms with Crippen LogP contribution in [0.3, 0.4) is 0 Å². The quantitative estimate of drug-likeness (QED) is 0.323. The predicted molar refractivity (Wildman–Crippen MR) is 138 cm³/mol. The van der Waals surface area contributed by atoms with E-state index in [4.69, 9.17) is 19.2 Å². The molecule has 1 amide bonds. The molecule has 3 aromatic carbocycles. The molecule has 180 valence electrons. The van der Waals surface area contributed by atoms with Crippen LogP contribution in [0.5, 0.6) is 11.5 Å². The summed E-state index contributed by atoms with van der Waals surface area (Å²) >= 11 is 0. The zero-order chi connectivity index (χ0) is 24.8. The Bertz CT molecular complexity index is 1320. The molecule has 0 aliphatic heterocycles. The molecule has 0 spiro atoms. The van der Waals surface area contributed by atoms with Crippen LogP contribution < -0.4 is 9.47 Å². The number of amides is 1. The van der Waals surface area contributed by atoms with Crippen molar-refractivity contribution in [2.24, 2.45) is 0 Å². The maximum Gasteiger partial charge on any atom is 0.254 e. The molecule has 6 heteroatoms. The van der Waals surface area contributed by atoms with Crippen LogP contribution in [0.2, 0.25) is 0 Å². The van der Waals surface area contributed by atoms with Gasteiger partial charge in [0.15, 0.2) is 0 Å². The lowest BCUT2D eigenvalue weighted by atomic mass is 10.0. The smallest absolute Gasteiger partial charge is 0.254 e. The maximum atomic E-state index is 13.5. The van der Waals surface area contributed by atoms with E-state index in [1.54, 1.807) is 50.5 Å². The molecule has 0 atom stereocenters. The van der Waals surface area contributed by atoms with Gasteiger partial charge in [0, 0.05) is 42.8 Å². The first-order valence-corrected chi connectivity index (χ1v) is 11.5. The van der Waals surface area contributed by atoms with Crippen molar-refractivity contribution < 1.29 is 19.0 Å². The fourth-order valence-corrected chi connectivity index (χ4v) is 4.06. The number of fused-ring (bicyclic) bond motifs is 1. The van der Waals surface area contributed by atoms with E-state index in [1.807, 2.05) is 24.3 Å². The Morgan fingerprint density at radius 1 is 0.886 bits per heavy atom. The zero-order valence-electron chi connectivity index (χ0n) is 20.6. The van der Waals surface area contributed by atoms with Gasteiger partial charge in [-0.3, -0.25) is 4.79 Å². The Hall–Kier alpha value is -3.90. The van der Waals surface area contributed by atoms with E-state index in [9.17, 15) is 4.79 Å². The molecule has 0 aliphatic rings. The largest absolute Gasteiger partial charge is 0.497 e. The normalized spacial score (nSPS) is 10.9. The summed E-state index contributed by atoms with van der Waals surface area (Å²) in [4.78, 5) is 20.3. The van der Waals surface area contributed by atoms with Gasteiger partial charge in [0.2, 0.25) is 0 Å². The molecule has 4 rings (SSSR count). The Kier molecular flexibility index (Phi) is 7.63. The van der Waals surface area contributed by atoms with Crippen molar-refractivity contribution in [3.8, 4) is 22.8 Å². The molecule has 35 heavy (non-hydrogen) atoms. The highest BCUT2D eigenvalue weighted by molar-refractivity contribution is 5.94. The second kappa shape index (κ2) is 11.0. The molecule has 0 fully saturated rings. The minimum absolute atomic E-state index is 0.0743. The van der Waals surface area contributed by atoms with Crippen molar-refractivity contribution in [3.63, 3.8) is 0 Å².